The van der Waals surface area contributed by atoms with Crippen LogP contribution in [-0.4, -0.2) is 46.3 Å². The van der Waals surface area contributed by atoms with Crippen LogP contribution in [0, 0.1) is 6.92 Å². The van der Waals surface area contributed by atoms with Crippen molar-refractivity contribution in [3.05, 3.63) is 47.9 Å². The molecule has 3 aromatic rings. The van der Waals surface area contributed by atoms with Gasteiger partial charge in [-0.1, -0.05) is 19.9 Å². The summed E-state index contributed by atoms with van der Waals surface area (Å²) in [6.07, 6.45) is 2.32. The molecule has 0 atom stereocenters. The predicted octanol–water partition coefficient (Wildman–Crippen LogP) is 2.88. The summed E-state index contributed by atoms with van der Waals surface area (Å²) in [6.45, 7) is 6.34. The number of benzene rings is 1. The maximum absolute atomic E-state index is 12.8. The van der Waals surface area contributed by atoms with Crippen LogP contribution in [0.15, 0.2) is 41.4 Å². The van der Waals surface area contributed by atoms with E-state index < -0.39 is 10.0 Å². The quantitative estimate of drug-likeness (QED) is 0.594. The molecule has 1 N–H and O–H groups in total. The number of sulfonamides is 1. The molecule has 3 rings (SSSR count). The lowest BCUT2D eigenvalue weighted by atomic mass is 10.2. The summed E-state index contributed by atoms with van der Waals surface area (Å²) in [4.78, 5) is 21.3. The highest BCUT2D eigenvalue weighted by atomic mass is 32.2. The van der Waals surface area contributed by atoms with Crippen molar-refractivity contribution < 1.29 is 13.2 Å². The topological polar surface area (TPSA) is 97.2 Å². The van der Waals surface area contributed by atoms with Crippen LogP contribution in [-0.2, 0) is 28.3 Å². The first-order valence-electron chi connectivity index (χ1n) is 9.94. The first-order valence-corrected chi connectivity index (χ1v) is 11.4. The van der Waals surface area contributed by atoms with Gasteiger partial charge in [0.25, 0.3) is 0 Å². The molecule has 2 heterocycles. The number of imidazole rings is 1. The van der Waals surface area contributed by atoms with Crippen LogP contribution < -0.4 is 5.32 Å². The Bertz CT molecular complexity index is 1170. The summed E-state index contributed by atoms with van der Waals surface area (Å²) < 4.78 is 28.9. The van der Waals surface area contributed by atoms with Crippen molar-refractivity contribution >= 4 is 32.8 Å². The molecular weight excluding hydrogens is 402 g/mol. The highest BCUT2D eigenvalue weighted by Gasteiger charge is 2.22. The van der Waals surface area contributed by atoms with Crippen molar-refractivity contribution in [3.8, 4) is 0 Å². The van der Waals surface area contributed by atoms with Gasteiger partial charge in [0, 0.05) is 39.2 Å². The number of rotatable bonds is 8. The van der Waals surface area contributed by atoms with E-state index in [1.165, 1.54) is 4.31 Å². The molecule has 0 unspecified atom stereocenters. The van der Waals surface area contributed by atoms with Gasteiger partial charge in [0.05, 0.1) is 15.9 Å². The van der Waals surface area contributed by atoms with Crippen LogP contribution in [0.1, 0.15) is 31.7 Å². The largest absolute Gasteiger partial charge is 0.331 e. The van der Waals surface area contributed by atoms with Gasteiger partial charge in [-0.05, 0) is 36.8 Å². The van der Waals surface area contributed by atoms with Gasteiger partial charge < -0.3 is 9.88 Å². The van der Waals surface area contributed by atoms with E-state index in [1.54, 1.807) is 24.4 Å². The Labute approximate surface area is 177 Å². The van der Waals surface area contributed by atoms with Crippen molar-refractivity contribution in [1.82, 2.24) is 18.8 Å². The molecule has 0 spiro atoms. The molecule has 30 heavy (non-hydrogen) atoms. The Morgan fingerprint density at radius 1 is 1.20 bits per heavy atom. The van der Waals surface area contributed by atoms with E-state index in [-0.39, 0.29) is 17.2 Å². The highest BCUT2D eigenvalue weighted by Crippen LogP contribution is 2.23. The minimum atomic E-state index is -3.55. The minimum absolute atomic E-state index is 0.145. The lowest BCUT2D eigenvalue weighted by molar-refractivity contribution is -0.116. The number of nitrogens with zero attached hydrogens (tertiary/aromatic N) is 4. The van der Waals surface area contributed by atoms with Gasteiger partial charge in [-0.2, -0.15) is 4.31 Å². The van der Waals surface area contributed by atoms with Gasteiger partial charge in [0.2, 0.25) is 15.9 Å². The van der Waals surface area contributed by atoms with Crippen molar-refractivity contribution in [3.63, 3.8) is 0 Å². The van der Waals surface area contributed by atoms with E-state index in [4.69, 9.17) is 0 Å². The number of pyridine rings is 1. The fraction of sp³-hybridized carbons (Fsp3) is 0.381. The van der Waals surface area contributed by atoms with Crippen LogP contribution in [0.5, 0.6) is 0 Å². The Balaban J connectivity index is 1.78. The Hall–Kier alpha value is -2.78. The first-order chi connectivity index (χ1) is 14.3. The van der Waals surface area contributed by atoms with E-state index in [0.717, 1.165) is 16.9 Å². The zero-order valence-electron chi connectivity index (χ0n) is 17.7. The summed E-state index contributed by atoms with van der Waals surface area (Å²) in [5.41, 5.74) is 2.32. The van der Waals surface area contributed by atoms with Crippen LogP contribution in [0.2, 0.25) is 0 Å². The number of anilines is 1. The number of aromatic nitrogens is 3. The van der Waals surface area contributed by atoms with Gasteiger partial charge >= 0.3 is 0 Å². The summed E-state index contributed by atoms with van der Waals surface area (Å²) in [7, 11) is -1.68. The van der Waals surface area contributed by atoms with Crippen molar-refractivity contribution in [1.29, 1.82) is 0 Å². The van der Waals surface area contributed by atoms with Crippen molar-refractivity contribution in [2.24, 2.45) is 7.05 Å². The molecule has 0 saturated carbocycles. The third-order valence-corrected chi connectivity index (χ3v) is 7.18. The standard InChI is InChI=1S/C21H27N5O3S/c1-5-26(6-2)30(28,29)16-9-10-18-17(14-16)23-19(25(18)4)11-12-20(27)24-21-15(3)8-7-13-22-21/h7-10,13-14H,5-6,11-12H2,1-4H3,(H,22,24,27). The van der Waals surface area contributed by atoms with Gasteiger partial charge in [0.1, 0.15) is 11.6 Å². The highest BCUT2D eigenvalue weighted by molar-refractivity contribution is 7.89. The smallest absolute Gasteiger partial charge is 0.243 e. The second-order valence-corrected chi connectivity index (χ2v) is 8.98. The molecule has 9 heteroatoms. The maximum Gasteiger partial charge on any atom is 0.243 e. The lowest BCUT2D eigenvalue weighted by Crippen LogP contribution is -2.30. The average Bonchev–Trinajstić information content (AvgIpc) is 3.04. The third kappa shape index (κ3) is 4.36. The Kier molecular flexibility index (Phi) is 6.52. The van der Waals surface area contributed by atoms with Crippen LogP contribution in [0.25, 0.3) is 11.0 Å². The molecule has 160 valence electrons. The van der Waals surface area contributed by atoms with Crippen LogP contribution >= 0.6 is 0 Å². The van der Waals surface area contributed by atoms with Gasteiger partial charge in [-0.3, -0.25) is 4.79 Å². The number of aryl methyl sites for hydroxylation is 3. The van der Waals surface area contributed by atoms with E-state index in [2.05, 4.69) is 15.3 Å². The fourth-order valence-corrected chi connectivity index (χ4v) is 4.84. The van der Waals surface area contributed by atoms with E-state index in [0.29, 0.717) is 30.8 Å². The van der Waals surface area contributed by atoms with E-state index >= 15 is 0 Å². The van der Waals surface area contributed by atoms with Crippen molar-refractivity contribution in [2.75, 3.05) is 18.4 Å². The monoisotopic (exact) mass is 429 g/mol. The SMILES string of the molecule is CCN(CC)S(=O)(=O)c1ccc2c(c1)nc(CCC(=O)Nc1ncccc1C)n2C. The summed E-state index contributed by atoms with van der Waals surface area (Å²) in [5.74, 6) is 1.13. The molecule has 1 amide bonds. The molecule has 0 aliphatic carbocycles. The molecule has 0 bridgehead atoms. The molecule has 8 nitrogen and oxygen atoms in total. The third-order valence-electron chi connectivity index (χ3n) is 5.13. The number of nitrogens with one attached hydrogen (secondary N) is 1. The number of hydrogen-bond acceptors (Lipinski definition) is 5. The van der Waals surface area contributed by atoms with E-state index in [1.807, 2.05) is 44.5 Å². The molecule has 1 aromatic carbocycles. The predicted molar refractivity (Wildman–Crippen MR) is 117 cm³/mol. The summed E-state index contributed by atoms with van der Waals surface area (Å²) in [5, 5.41) is 2.82. The van der Waals surface area contributed by atoms with Crippen molar-refractivity contribution in [2.45, 2.75) is 38.5 Å². The van der Waals surface area contributed by atoms with E-state index in [9.17, 15) is 13.2 Å². The number of carbonyl (C=O) groups excluding carboxylic acids is 1. The average molecular weight is 430 g/mol. The molecule has 0 fully saturated rings. The molecule has 0 radical (unpaired) electrons. The van der Waals surface area contributed by atoms with Gasteiger partial charge in [-0.15, -0.1) is 0 Å². The normalized spacial score (nSPS) is 11.9. The zero-order valence-corrected chi connectivity index (χ0v) is 18.5. The second-order valence-electron chi connectivity index (χ2n) is 7.04. The molecular formula is C21H27N5O3S. The molecule has 2 aromatic heterocycles. The second kappa shape index (κ2) is 8.93. The number of amides is 1. The fourth-order valence-electron chi connectivity index (χ4n) is 3.36. The Morgan fingerprint density at radius 2 is 1.93 bits per heavy atom. The van der Waals surface area contributed by atoms with Gasteiger partial charge in [-0.25, -0.2) is 18.4 Å². The lowest BCUT2D eigenvalue weighted by Gasteiger charge is -2.18. The Morgan fingerprint density at radius 3 is 2.60 bits per heavy atom. The summed E-state index contributed by atoms with van der Waals surface area (Å²) in [6, 6.07) is 8.68. The number of fused-ring (bicyclic) bond motifs is 1. The number of hydrogen-bond donors (Lipinski definition) is 1. The van der Waals surface area contributed by atoms with Crippen LogP contribution in [0.4, 0.5) is 5.82 Å². The molecule has 0 aliphatic rings. The van der Waals surface area contributed by atoms with Gasteiger partial charge in [0.15, 0.2) is 0 Å². The maximum atomic E-state index is 12.8. The van der Waals surface area contributed by atoms with Crippen LogP contribution in [0.3, 0.4) is 0 Å². The number of carbonyl (C=O) groups is 1. The molecule has 0 saturated heterocycles. The zero-order chi connectivity index (χ0) is 21.9. The first kappa shape index (κ1) is 21.9. The molecule has 0 aliphatic heterocycles. The minimum Gasteiger partial charge on any atom is -0.331 e. The summed E-state index contributed by atoms with van der Waals surface area (Å²) >= 11 is 0.